The molecular formula is C18H32O4. The van der Waals surface area contributed by atoms with Crippen molar-refractivity contribution in [3.8, 4) is 0 Å². The molecule has 0 fully saturated rings. The molecule has 0 rings (SSSR count). The Morgan fingerprint density at radius 1 is 0.773 bits per heavy atom. The van der Waals surface area contributed by atoms with E-state index in [0.717, 1.165) is 31.3 Å². The van der Waals surface area contributed by atoms with Gasteiger partial charge in [-0.3, -0.25) is 9.59 Å². The van der Waals surface area contributed by atoms with Gasteiger partial charge in [0.15, 0.2) is 0 Å². The first-order valence-corrected chi connectivity index (χ1v) is 8.45. The molecule has 0 aromatic rings. The zero-order valence-corrected chi connectivity index (χ0v) is 14.3. The third kappa shape index (κ3) is 14.0. The molecular weight excluding hydrogens is 280 g/mol. The summed E-state index contributed by atoms with van der Waals surface area (Å²) >= 11 is 0. The molecule has 0 aliphatic carbocycles. The van der Waals surface area contributed by atoms with Crippen LogP contribution in [0.2, 0.25) is 0 Å². The minimum Gasteiger partial charge on any atom is -0.377 e. The number of carbonyl (C=O) groups excluding carboxylic acids is 2. The molecule has 0 radical (unpaired) electrons. The number of carbonyl (C=O) groups is 2. The Bertz CT molecular complexity index is 293. The molecule has 0 aromatic heterocycles. The third-order valence-corrected chi connectivity index (χ3v) is 3.16. The van der Waals surface area contributed by atoms with Crippen molar-refractivity contribution in [2.45, 2.75) is 65.2 Å². The van der Waals surface area contributed by atoms with E-state index in [0.29, 0.717) is 63.7 Å². The summed E-state index contributed by atoms with van der Waals surface area (Å²) in [4.78, 5) is 22.6. The first-order valence-electron chi connectivity index (χ1n) is 8.45. The number of ether oxygens (including phenoxy) is 2. The van der Waals surface area contributed by atoms with Crippen molar-refractivity contribution in [3.05, 3.63) is 12.2 Å². The minimum atomic E-state index is 0.311. The third-order valence-electron chi connectivity index (χ3n) is 3.16. The van der Waals surface area contributed by atoms with Crippen LogP contribution in [-0.2, 0) is 19.1 Å². The molecule has 4 heteroatoms. The monoisotopic (exact) mass is 312 g/mol. The van der Waals surface area contributed by atoms with Crippen molar-refractivity contribution in [3.63, 3.8) is 0 Å². The van der Waals surface area contributed by atoms with Crippen molar-refractivity contribution < 1.29 is 19.1 Å². The van der Waals surface area contributed by atoms with Crippen LogP contribution in [0.4, 0.5) is 0 Å². The highest BCUT2D eigenvalue weighted by molar-refractivity contribution is 5.78. The zero-order valence-electron chi connectivity index (χ0n) is 14.3. The van der Waals surface area contributed by atoms with Gasteiger partial charge in [0.05, 0.1) is 13.2 Å². The normalized spacial score (nSPS) is 10.6. The summed E-state index contributed by atoms with van der Waals surface area (Å²) in [5.41, 5.74) is 0.889. The molecule has 0 atom stereocenters. The Morgan fingerprint density at radius 3 is 1.55 bits per heavy atom. The smallest absolute Gasteiger partial charge is 0.132 e. The Balaban J connectivity index is 3.36. The summed E-state index contributed by atoms with van der Waals surface area (Å²) in [5.74, 6) is 0.622. The molecule has 128 valence electrons. The molecule has 0 spiro atoms. The molecule has 0 amide bonds. The fourth-order valence-corrected chi connectivity index (χ4v) is 2.03. The van der Waals surface area contributed by atoms with E-state index in [2.05, 4.69) is 6.58 Å². The standard InChI is InChI=1S/C18H32O4/c1-4-8-17(19)10-6-12-21-14-16(3)15-22-13-7-11-18(20)9-5-2/h3-15H2,1-2H3. The van der Waals surface area contributed by atoms with Gasteiger partial charge in [-0.1, -0.05) is 20.4 Å². The number of rotatable bonds is 16. The molecule has 4 nitrogen and oxygen atoms in total. The predicted octanol–water partition coefficient (Wildman–Crippen LogP) is 3.87. The van der Waals surface area contributed by atoms with Gasteiger partial charge in [-0.2, -0.15) is 0 Å². The van der Waals surface area contributed by atoms with Gasteiger partial charge >= 0.3 is 0 Å². The predicted molar refractivity (Wildman–Crippen MR) is 89.1 cm³/mol. The summed E-state index contributed by atoms with van der Waals surface area (Å²) in [5, 5.41) is 0. The summed E-state index contributed by atoms with van der Waals surface area (Å²) in [7, 11) is 0. The van der Waals surface area contributed by atoms with Gasteiger partial charge in [0.25, 0.3) is 0 Å². The number of Topliss-reactive ketones (excluding diaryl/α,β-unsaturated/α-hetero) is 2. The fourth-order valence-electron chi connectivity index (χ4n) is 2.03. The lowest BCUT2D eigenvalue weighted by molar-refractivity contribution is -0.120. The maximum atomic E-state index is 11.3. The Morgan fingerprint density at radius 2 is 1.18 bits per heavy atom. The zero-order chi connectivity index (χ0) is 16.6. The number of ketones is 2. The van der Waals surface area contributed by atoms with Crippen LogP contribution in [0.1, 0.15) is 65.2 Å². The van der Waals surface area contributed by atoms with E-state index >= 15 is 0 Å². The number of hydrogen-bond acceptors (Lipinski definition) is 4. The SMILES string of the molecule is C=C(COCCCC(=O)CCC)COCCCC(=O)CCC. The lowest BCUT2D eigenvalue weighted by atomic mass is 10.1. The van der Waals surface area contributed by atoms with Crippen molar-refractivity contribution in [2.75, 3.05) is 26.4 Å². The van der Waals surface area contributed by atoms with E-state index in [1.54, 1.807) is 0 Å². The van der Waals surface area contributed by atoms with Crippen LogP contribution in [0.5, 0.6) is 0 Å². The molecule has 0 aliphatic rings. The van der Waals surface area contributed by atoms with Gasteiger partial charge in [0, 0.05) is 38.9 Å². The Hall–Kier alpha value is -1.00. The van der Waals surface area contributed by atoms with Crippen LogP contribution in [0.15, 0.2) is 12.2 Å². The van der Waals surface area contributed by atoms with E-state index in [4.69, 9.17) is 9.47 Å². The average molecular weight is 312 g/mol. The minimum absolute atomic E-state index is 0.311. The molecule has 0 bridgehead atoms. The van der Waals surface area contributed by atoms with E-state index in [-0.39, 0.29) is 0 Å². The average Bonchev–Trinajstić information content (AvgIpc) is 2.47. The summed E-state index contributed by atoms with van der Waals surface area (Å²) in [6.07, 6.45) is 5.91. The highest BCUT2D eigenvalue weighted by Crippen LogP contribution is 2.02. The first kappa shape index (κ1) is 21.0. The lowest BCUT2D eigenvalue weighted by Crippen LogP contribution is -2.08. The summed E-state index contributed by atoms with van der Waals surface area (Å²) < 4.78 is 10.9. The molecule has 0 saturated carbocycles. The van der Waals surface area contributed by atoms with E-state index < -0.39 is 0 Å². The molecule has 0 heterocycles. The molecule has 22 heavy (non-hydrogen) atoms. The number of hydrogen-bond donors (Lipinski definition) is 0. The van der Waals surface area contributed by atoms with Crippen LogP contribution in [-0.4, -0.2) is 38.0 Å². The van der Waals surface area contributed by atoms with Crippen LogP contribution >= 0.6 is 0 Å². The fraction of sp³-hybridized carbons (Fsp3) is 0.778. The molecule has 0 aromatic carbocycles. The molecule has 0 N–H and O–H groups in total. The van der Waals surface area contributed by atoms with Crippen molar-refractivity contribution in [1.29, 1.82) is 0 Å². The maximum absolute atomic E-state index is 11.3. The van der Waals surface area contributed by atoms with Crippen LogP contribution in [0.25, 0.3) is 0 Å². The van der Waals surface area contributed by atoms with Crippen LogP contribution < -0.4 is 0 Å². The molecule has 0 saturated heterocycles. The second-order valence-electron chi connectivity index (χ2n) is 5.64. The molecule has 0 aliphatic heterocycles. The van der Waals surface area contributed by atoms with Gasteiger partial charge < -0.3 is 9.47 Å². The molecule has 0 unspecified atom stereocenters. The first-order chi connectivity index (χ1) is 10.6. The van der Waals surface area contributed by atoms with E-state index in [1.807, 2.05) is 13.8 Å². The quantitative estimate of drug-likeness (QED) is 0.321. The second kappa shape index (κ2) is 14.9. The van der Waals surface area contributed by atoms with Gasteiger partial charge in [0.2, 0.25) is 0 Å². The second-order valence-corrected chi connectivity index (χ2v) is 5.64. The van der Waals surface area contributed by atoms with Crippen molar-refractivity contribution in [1.82, 2.24) is 0 Å². The van der Waals surface area contributed by atoms with Crippen LogP contribution in [0, 0.1) is 0 Å². The Labute approximate surface area is 135 Å². The largest absolute Gasteiger partial charge is 0.377 e. The van der Waals surface area contributed by atoms with Gasteiger partial charge in [-0.05, 0) is 31.3 Å². The van der Waals surface area contributed by atoms with E-state index in [9.17, 15) is 9.59 Å². The van der Waals surface area contributed by atoms with Crippen molar-refractivity contribution >= 4 is 11.6 Å². The van der Waals surface area contributed by atoms with Crippen LogP contribution in [0.3, 0.4) is 0 Å². The van der Waals surface area contributed by atoms with Gasteiger partial charge in [0.1, 0.15) is 11.6 Å². The summed E-state index contributed by atoms with van der Waals surface area (Å²) in [6.45, 7) is 10.0. The topological polar surface area (TPSA) is 52.6 Å². The van der Waals surface area contributed by atoms with Gasteiger partial charge in [-0.25, -0.2) is 0 Å². The maximum Gasteiger partial charge on any atom is 0.132 e. The summed E-state index contributed by atoms with van der Waals surface area (Å²) in [6, 6.07) is 0. The Kier molecular flexibility index (Phi) is 14.2. The highest BCUT2D eigenvalue weighted by atomic mass is 16.5. The highest BCUT2D eigenvalue weighted by Gasteiger charge is 2.02. The van der Waals surface area contributed by atoms with Gasteiger partial charge in [-0.15, -0.1) is 0 Å². The van der Waals surface area contributed by atoms with E-state index in [1.165, 1.54) is 0 Å². The van der Waals surface area contributed by atoms with Crippen molar-refractivity contribution in [2.24, 2.45) is 0 Å². The lowest BCUT2D eigenvalue weighted by Gasteiger charge is -2.08.